The van der Waals surface area contributed by atoms with Crippen molar-refractivity contribution in [1.29, 1.82) is 0 Å². The molecule has 19 heavy (non-hydrogen) atoms. The lowest BCUT2D eigenvalue weighted by Crippen LogP contribution is -2.23. The molecule has 1 rings (SSSR count). The minimum atomic E-state index is 0.272. The van der Waals surface area contributed by atoms with Crippen molar-refractivity contribution in [1.82, 2.24) is 10.3 Å². The fourth-order valence-corrected chi connectivity index (χ4v) is 2.66. The van der Waals surface area contributed by atoms with Crippen molar-refractivity contribution in [3.63, 3.8) is 0 Å². The van der Waals surface area contributed by atoms with E-state index in [0.29, 0.717) is 13.2 Å². The Morgan fingerprint density at radius 3 is 2.74 bits per heavy atom. The van der Waals surface area contributed by atoms with Crippen LogP contribution in [0.15, 0.2) is 0 Å². The van der Waals surface area contributed by atoms with E-state index in [1.807, 2.05) is 27.9 Å². The molecular formula is C13H25N3O2S. The van der Waals surface area contributed by atoms with Crippen molar-refractivity contribution >= 4 is 16.5 Å². The first-order valence-electron chi connectivity index (χ1n) is 6.53. The number of thiazole rings is 1. The van der Waals surface area contributed by atoms with E-state index < -0.39 is 0 Å². The van der Waals surface area contributed by atoms with Crippen molar-refractivity contribution in [3.8, 4) is 0 Å². The zero-order valence-corrected chi connectivity index (χ0v) is 13.3. The monoisotopic (exact) mass is 287 g/mol. The van der Waals surface area contributed by atoms with Crippen LogP contribution in [0.4, 0.5) is 5.13 Å². The molecule has 0 aliphatic rings. The third kappa shape index (κ3) is 5.44. The van der Waals surface area contributed by atoms with E-state index >= 15 is 0 Å². The van der Waals surface area contributed by atoms with Gasteiger partial charge in [0.15, 0.2) is 5.13 Å². The second-order valence-electron chi connectivity index (χ2n) is 4.67. The van der Waals surface area contributed by atoms with Gasteiger partial charge >= 0.3 is 0 Å². The summed E-state index contributed by atoms with van der Waals surface area (Å²) in [5.74, 6) is 0. The third-order valence-corrected chi connectivity index (χ3v) is 3.80. The van der Waals surface area contributed by atoms with Crippen LogP contribution in [0.3, 0.4) is 0 Å². The van der Waals surface area contributed by atoms with Crippen molar-refractivity contribution in [3.05, 3.63) is 10.6 Å². The van der Waals surface area contributed by atoms with E-state index in [4.69, 9.17) is 9.47 Å². The first-order valence-corrected chi connectivity index (χ1v) is 7.35. The molecule has 1 aromatic rings. The van der Waals surface area contributed by atoms with Crippen LogP contribution in [-0.2, 0) is 22.6 Å². The highest BCUT2D eigenvalue weighted by Gasteiger charge is 2.13. The number of rotatable bonds is 9. The molecule has 1 heterocycles. The standard InChI is InChI=1S/C13H25N3O2S/c1-10(2)18-7-6-16(4)13-15-11(9-17-5)12(19-13)8-14-3/h10,14H,6-9H2,1-5H3. The molecule has 0 spiro atoms. The smallest absolute Gasteiger partial charge is 0.185 e. The fraction of sp³-hybridized carbons (Fsp3) is 0.769. The maximum absolute atomic E-state index is 5.56. The zero-order chi connectivity index (χ0) is 14.3. The molecule has 0 radical (unpaired) electrons. The van der Waals surface area contributed by atoms with Gasteiger partial charge in [-0.1, -0.05) is 0 Å². The van der Waals surface area contributed by atoms with Crippen LogP contribution in [-0.4, -0.2) is 45.4 Å². The average molecular weight is 287 g/mol. The zero-order valence-electron chi connectivity index (χ0n) is 12.5. The summed E-state index contributed by atoms with van der Waals surface area (Å²) in [6, 6.07) is 0. The molecule has 0 amide bonds. The molecule has 0 aliphatic heterocycles. The molecule has 0 saturated heterocycles. The molecule has 1 N–H and O–H groups in total. The number of hydrogen-bond acceptors (Lipinski definition) is 6. The fourth-order valence-electron chi connectivity index (χ4n) is 1.60. The quantitative estimate of drug-likeness (QED) is 0.751. The van der Waals surface area contributed by atoms with E-state index in [2.05, 4.69) is 15.2 Å². The predicted octanol–water partition coefficient (Wildman–Crippen LogP) is 1.87. The summed E-state index contributed by atoms with van der Waals surface area (Å²) >= 11 is 1.71. The lowest BCUT2D eigenvalue weighted by Gasteiger charge is -2.16. The highest BCUT2D eigenvalue weighted by Crippen LogP contribution is 2.26. The number of aromatic nitrogens is 1. The lowest BCUT2D eigenvalue weighted by molar-refractivity contribution is 0.0846. The second kappa shape index (κ2) is 8.47. The second-order valence-corrected chi connectivity index (χ2v) is 5.73. The van der Waals surface area contributed by atoms with Crippen LogP contribution >= 0.6 is 11.3 Å². The van der Waals surface area contributed by atoms with Gasteiger partial charge in [0, 0.05) is 32.1 Å². The predicted molar refractivity (Wildman–Crippen MR) is 79.9 cm³/mol. The number of anilines is 1. The van der Waals surface area contributed by atoms with Crippen molar-refractivity contribution in [2.24, 2.45) is 0 Å². The summed E-state index contributed by atoms with van der Waals surface area (Å²) in [6.45, 7) is 7.04. The summed E-state index contributed by atoms with van der Waals surface area (Å²) in [5.41, 5.74) is 1.02. The van der Waals surface area contributed by atoms with Gasteiger partial charge in [-0.15, -0.1) is 11.3 Å². The molecule has 5 nitrogen and oxygen atoms in total. The average Bonchev–Trinajstić information content (AvgIpc) is 2.73. The van der Waals surface area contributed by atoms with Crippen molar-refractivity contribution in [2.45, 2.75) is 33.1 Å². The summed E-state index contributed by atoms with van der Waals surface area (Å²) in [5, 5.41) is 4.18. The highest BCUT2D eigenvalue weighted by molar-refractivity contribution is 7.15. The van der Waals surface area contributed by atoms with Crippen molar-refractivity contribution < 1.29 is 9.47 Å². The molecule has 110 valence electrons. The first kappa shape index (κ1) is 16.4. The van der Waals surface area contributed by atoms with Gasteiger partial charge in [-0.05, 0) is 20.9 Å². The normalized spacial score (nSPS) is 11.3. The maximum Gasteiger partial charge on any atom is 0.185 e. The number of methoxy groups -OCH3 is 1. The summed E-state index contributed by atoms with van der Waals surface area (Å²) in [6.07, 6.45) is 0.272. The highest BCUT2D eigenvalue weighted by atomic mass is 32.1. The third-order valence-electron chi connectivity index (χ3n) is 2.59. The van der Waals surface area contributed by atoms with Crippen LogP contribution in [0.5, 0.6) is 0 Å². The summed E-state index contributed by atoms with van der Waals surface area (Å²) in [4.78, 5) is 8.00. The minimum absolute atomic E-state index is 0.272. The maximum atomic E-state index is 5.56. The number of ether oxygens (including phenoxy) is 2. The van der Waals surface area contributed by atoms with Gasteiger partial charge < -0.3 is 19.7 Å². The molecule has 6 heteroatoms. The van der Waals surface area contributed by atoms with Gasteiger partial charge in [0.1, 0.15) is 0 Å². The first-order chi connectivity index (χ1) is 9.08. The van der Waals surface area contributed by atoms with Gasteiger partial charge in [-0.2, -0.15) is 0 Å². The van der Waals surface area contributed by atoms with E-state index in [9.17, 15) is 0 Å². The molecule has 0 atom stereocenters. The molecule has 0 saturated carbocycles. The lowest BCUT2D eigenvalue weighted by atomic mass is 10.4. The Balaban J connectivity index is 2.63. The topological polar surface area (TPSA) is 46.6 Å². The Morgan fingerprint density at radius 1 is 1.42 bits per heavy atom. The van der Waals surface area contributed by atoms with Gasteiger partial charge in [0.2, 0.25) is 0 Å². The van der Waals surface area contributed by atoms with Crippen LogP contribution in [0.25, 0.3) is 0 Å². The molecule has 0 aliphatic carbocycles. The van der Waals surface area contributed by atoms with E-state index in [0.717, 1.165) is 23.9 Å². The Labute approximate surface area is 119 Å². The van der Waals surface area contributed by atoms with Gasteiger partial charge in [0.05, 0.1) is 25.0 Å². The molecule has 1 aromatic heterocycles. The van der Waals surface area contributed by atoms with Crippen molar-refractivity contribution in [2.75, 3.05) is 39.3 Å². The Hall–Kier alpha value is -0.690. The molecule has 0 unspecified atom stereocenters. The van der Waals surface area contributed by atoms with E-state index in [-0.39, 0.29) is 6.10 Å². The molecule has 0 aromatic carbocycles. The number of hydrogen-bond donors (Lipinski definition) is 1. The number of nitrogens with one attached hydrogen (secondary N) is 1. The van der Waals surface area contributed by atoms with Gasteiger partial charge in [0.25, 0.3) is 0 Å². The Kier molecular flexibility index (Phi) is 7.30. The van der Waals surface area contributed by atoms with E-state index in [1.54, 1.807) is 18.4 Å². The van der Waals surface area contributed by atoms with Gasteiger partial charge in [-0.3, -0.25) is 0 Å². The van der Waals surface area contributed by atoms with Crippen LogP contribution in [0, 0.1) is 0 Å². The SMILES string of the molecule is CNCc1sc(N(C)CCOC(C)C)nc1COC. The minimum Gasteiger partial charge on any atom is -0.378 e. The Bertz CT molecular complexity index is 345. The Morgan fingerprint density at radius 2 is 2.16 bits per heavy atom. The van der Waals surface area contributed by atoms with Crippen LogP contribution < -0.4 is 10.2 Å². The number of likely N-dealkylation sites (N-methyl/N-ethyl adjacent to an activating group) is 1. The van der Waals surface area contributed by atoms with Crippen LogP contribution in [0.2, 0.25) is 0 Å². The summed E-state index contributed by atoms with van der Waals surface area (Å²) < 4.78 is 10.8. The molecular weight excluding hydrogens is 262 g/mol. The summed E-state index contributed by atoms with van der Waals surface area (Å²) in [7, 11) is 5.68. The number of nitrogens with zero attached hydrogens (tertiary/aromatic N) is 2. The van der Waals surface area contributed by atoms with Gasteiger partial charge in [-0.25, -0.2) is 4.98 Å². The largest absolute Gasteiger partial charge is 0.378 e. The van der Waals surface area contributed by atoms with E-state index in [1.165, 1.54) is 4.88 Å². The molecule has 0 fully saturated rings. The van der Waals surface area contributed by atoms with Crippen LogP contribution in [0.1, 0.15) is 24.4 Å². The molecule has 0 bridgehead atoms.